The summed E-state index contributed by atoms with van der Waals surface area (Å²) in [5.74, 6) is 0.621. The lowest BCUT2D eigenvalue weighted by molar-refractivity contribution is -0.137. The van der Waals surface area contributed by atoms with E-state index in [2.05, 4.69) is 0 Å². The minimum atomic E-state index is -3.18. The maximum absolute atomic E-state index is 12.1. The van der Waals surface area contributed by atoms with Crippen molar-refractivity contribution in [2.24, 2.45) is 0 Å². The van der Waals surface area contributed by atoms with Gasteiger partial charge in [0.05, 0.1) is 20.0 Å². The summed E-state index contributed by atoms with van der Waals surface area (Å²) in [5.41, 5.74) is 0.930. The molecule has 0 atom stereocenters. The highest BCUT2D eigenvalue weighted by Gasteiger charge is 2.25. The van der Waals surface area contributed by atoms with E-state index in [9.17, 15) is 13.2 Å². The lowest BCUT2D eigenvalue weighted by Crippen LogP contribution is -2.51. The maximum Gasteiger partial charge on any atom is 0.248 e. The van der Waals surface area contributed by atoms with Gasteiger partial charge in [0.15, 0.2) is 0 Å². The minimum absolute atomic E-state index is 0.0178. The van der Waals surface area contributed by atoms with E-state index in [1.807, 2.05) is 24.3 Å². The van der Waals surface area contributed by atoms with Gasteiger partial charge in [-0.25, -0.2) is 8.42 Å². The fourth-order valence-corrected chi connectivity index (χ4v) is 3.21. The molecule has 8 heteroatoms. The quantitative estimate of drug-likeness (QED) is 0.744. The van der Waals surface area contributed by atoms with Gasteiger partial charge in [0.2, 0.25) is 15.9 Å². The van der Waals surface area contributed by atoms with Crippen LogP contribution >= 0.6 is 0 Å². The molecule has 0 unspecified atom stereocenters. The van der Waals surface area contributed by atoms with Crippen molar-refractivity contribution in [3.05, 3.63) is 29.8 Å². The Morgan fingerprint density at radius 1 is 1.22 bits per heavy atom. The van der Waals surface area contributed by atoms with E-state index in [0.29, 0.717) is 32.8 Å². The van der Waals surface area contributed by atoms with Crippen molar-refractivity contribution in [2.75, 3.05) is 46.2 Å². The molecule has 1 aromatic carbocycles. The van der Waals surface area contributed by atoms with Gasteiger partial charge in [-0.1, -0.05) is 12.1 Å². The zero-order chi connectivity index (χ0) is 16.9. The number of methoxy groups -OCH3 is 1. The van der Waals surface area contributed by atoms with Crippen molar-refractivity contribution in [2.45, 2.75) is 6.61 Å². The molecule has 0 spiro atoms. The molecule has 1 aromatic rings. The topological polar surface area (TPSA) is 76.2 Å². The van der Waals surface area contributed by atoms with Crippen molar-refractivity contribution in [3.8, 4) is 5.75 Å². The van der Waals surface area contributed by atoms with Crippen LogP contribution in [0.2, 0.25) is 0 Å². The molecular weight excluding hydrogens is 320 g/mol. The van der Waals surface area contributed by atoms with E-state index < -0.39 is 10.0 Å². The monoisotopic (exact) mass is 342 g/mol. The Hall–Kier alpha value is -1.64. The standard InChI is InChI=1S/C15H22N2O5S/c1-21-14-5-3-4-13(10-14)11-22-12-15(18)16-6-8-17(9-7-16)23(2,19)20/h3-5,10H,6-9,11-12H2,1-2H3. The third-order valence-electron chi connectivity index (χ3n) is 3.69. The van der Waals surface area contributed by atoms with E-state index >= 15 is 0 Å². The number of piperazine rings is 1. The van der Waals surface area contributed by atoms with Crippen molar-refractivity contribution in [1.29, 1.82) is 0 Å². The summed E-state index contributed by atoms with van der Waals surface area (Å²) in [6.45, 7) is 1.77. The molecule has 1 aliphatic rings. The van der Waals surface area contributed by atoms with Crippen molar-refractivity contribution >= 4 is 15.9 Å². The maximum atomic E-state index is 12.1. The molecule has 0 radical (unpaired) electrons. The van der Waals surface area contributed by atoms with Crippen LogP contribution in [0.3, 0.4) is 0 Å². The average molecular weight is 342 g/mol. The summed E-state index contributed by atoms with van der Waals surface area (Å²) in [7, 11) is -1.59. The van der Waals surface area contributed by atoms with Crippen LogP contribution in [0.1, 0.15) is 5.56 Å². The average Bonchev–Trinajstić information content (AvgIpc) is 2.54. The highest BCUT2D eigenvalue weighted by atomic mass is 32.2. The predicted molar refractivity (Wildman–Crippen MR) is 85.6 cm³/mol. The number of hydrogen-bond acceptors (Lipinski definition) is 5. The third kappa shape index (κ3) is 5.19. The SMILES string of the molecule is COc1cccc(COCC(=O)N2CCN(S(C)(=O)=O)CC2)c1. The number of rotatable bonds is 6. The molecule has 0 aromatic heterocycles. The van der Waals surface area contributed by atoms with E-state index in [1.165, 1.54) is 10.6 Å². The van der Waals surface area contributed by atoms with E-state index in [4.69, 9.17) is 9.47 Å². The van der Waals surface area contributed by atoms with Gasteiger partial charge in [-0.2, -0.15) is 4.31 Å². The van der Waals surface area contributed by atoms with Crippen LogP contribution in [0, 0.1) is 0 Å². The molecule has 0 N–H and O–H groups in total. The molecule has 1 fully saturated rings. The predicted octanol–water partition coefficient (Wildman–Crippen LogP) is 0.316. The van der Waals surface area contributed by atoms with Crippen LogP contribution in [-0.4, -0.2) is 69.7 Å². The van der Waals surface area contributed by atoms with Crippen LogP contribution in [0.15, 0.2) is 24.3 Å². The first-order chi connectivity index (χ1) is 10.9. The van der Waals surface area contributed by atoms with E-state index in [0.717, 1.165) is 11.3 Å². The summed E-state index contributed by atoms with van der Waals surface area (Å²) < 4.78 is 34.8. The highest BCUT2D eigenvalue weighted by Crippen LogP contribution is 2.13. The Morgan fingerprint density at radius 2 is 1.91 bits per heavy atom. The van der Waals surface area contributed by atoms with Crippen molar-refractivity contribution in [1.82, 2.24) is 9.21 Å². The van der Waals surface area contributed by atoms with Gasteiger partial charge >= 0.3 is 0 Å². The Balaban J connectivity index is 1.75. The number of ether oxygens (including phenoxy) is 2. The van der Waals surface area contributed by atoms with Gasteiger partial charge in [-0.3, -0.25) is 4.79 Å². The van der Waals surface area contributed by atoms with Crippen LogP contribution in [0.25, 0.3) is 0 Å². The smallest absolute Gasteiger partial charge is 0.248 e. The summed E-state index contributed by atoms with van der Waals surface area (Å²) in [5, 5.41) is 0. The molecule has 128 valence electrons. The van der Waals surface area contributed by atoms with E-state index in [1.54, 1.807) is 12.0 Å². The van der Waals surface area contributed by atoms with Gasteiger partial charge in [-0.15, -0.1) is 0 Å². The second-order valence-corrected chi connectivity index (χ2v) is 7.37. The largest absolute Gasteiger partial charge is 0.497 e. The van der Waals surface area contributed by atoms with Crippen LogP contribution in [0.4, 0.5) is 0 Å². The van der Waals surface area contributed by atoms with E-state index in [-0.39, 0.29) is 12.5 Å². The second-order valence-electron chi connectivity index (χ2n) is 5.39. The lowest BCUT2D eigenvalue weighted by Gasteiger charge is -2.33. The molecule has 1 aliphatic heterocycles. The van der Waals surface area contributed by atoms with Gasteiger partial charge < -0.3 is 14.4 Å². The Kier molecular flexibility index (Phi) is 5.97. The first kappa shape index (κ1) is 17.7. The normalized spacial score (nSPS) is 16.3. The number of carbonyl (C=O) groups excluding carboxylic acids is 1. The minimum Gasteiger partial charge on any atom is -0.497 e. The van der Waals surface area contributed by atoms with Crippen LogP contribution in [0.5, 0.6) is 5.75 Å². The fraction of sp³-hybridized carbons (Fsp3) is 0.533. The van der Waals surface area contributed by atoms with Gasteiger partial charge in [-0.05, 0) is 17.7 Å². The lowest BCUT2D eigenvalue weighted by atomic mass is 10.2. The molecule has 23 heavy (non-hydrogen) atoms. The first-order valence-electron chi connectivity index (χ1n) is 7.33. The van der Waals surface area contributed by atoms with Gasteiger partial charge in [0.1, 0.15) is 12.4 Å². The first-order valence-corrected chi connectivity index (χ1v) is 9.18. The summed E-state index contributed by atoms with van der Waals surface area (Å²) >= 11 is 0. The third-order valence-corrected chi connectivity index (χ3v) is 4.99. The molecule has 2 rings (SSSR count). The molecule has 1 saturated heterocycles. The summed E-state index contributed by atoms with van der Waals surface area (Å²) in [6, 6.07) is 7.47. The zero-order valence-corrected chi connectivity index (χ0v) is 14.2. The van der Waals surface area contributed by atoms with Crippen molar-refractivity contribution < 1.29 is 22.7 Å². The fourth-order valence-electron chi connectivity index (χ4n) is 2.38. The summed E-state index contributed by atoms with van der Waals surface area (Å²) in [4.78, 5) is 13.7. The molecule has 0 bridgehead atoms. The van der Waals surface area contributed by atoms with Crippen LogP contribution in [-0.2, 0) is 26.2 Å². The highest BCUT2D eigenvalue weighted by molar-refractivity contribution is 7.88. The molecule has 0 aliphatic carbocycles. The molecular formula is C15H22N2O5S. The molecule has 0 saturated carbocycles. The van der Waals surface area contributed by atoms with Crippen LogP contribution < -0.4 is 4.74 Å². The Morgan fingerprint density at radius 3 is 2.52 bits per heavy atom. The molecule has 7 nitrogen and oxygen atoms in total. The summed E-state index contributed by atoms with van der Waals surface area (Å²) in [6.07, 6.45) is 1.18. The molecule has 1 heterocycles. The zero-order valence-electron chi connectivity index (χ0n) is 13.4. The number of nitrogens with zero attached hydrogens (tertiary/aromatic N) is 2. The number of benzene rings is 1. The number of sulfonamides is 1. The van der Waals surface area contributed by atoms with Crippen molar-refractivity contribution in [3.63, 3.8) is 0 Å². The van der Waals surface area contributed by atoms with Gasteiger partial charge in [0, 0.05) is 26.2 Å². The Labute approximate surface area is 136 Å². The number of carbonyl (C=O) groups is 1. The second kappa shape index (κ2) is 7.76. The van der Waals surface area contributed by atoms with Gasteiger partial charge in [0.25, 0.3) is 0 Å². The number of amides is 1. The number of hydrogen-bond donors (Lipinski definition) is 0. The molecule has 1 amide bonds. The Bertz CT molecular complexity index is 639.